The lowest BCUT2D eigenvalue weighted by Gasteiger charge is -2.37. The maximum atomic E-state index is 11.8. The number of piperidine rings is 1. The summed E-state index contributed by atoms with van der Waals surface area (Å²) >= 11 is 7.32. The normalized spacial score (nSPS) is 26.7. The first kappa shape index (κ1) is 16.4. The number of benzene rings is 1. The summed E-state index contributed by atoms with van der Waals surface area (Å²) in [6.45, 7) is 3.75. The van der Waals surface area contributed by atoms with Crippen molar-refractivity contribution in [3.8, 4) is 0 Å². The van der Waals surface area contributed by atoms with Crippen LogP contribution in [0.1, 0.15) is 18.9 Å². The van der Waals surface area contributed by atoms with Crippen molar-refractivity contribution in [1.82, 2.24) is 5.32 Å². The van der Waals surface area contributed by atoms with Crippen molar-refractivity contribution in [2.75, 3.05) is 18.0 Å². The molecule has 0 spiro atoms. The number of carbonyl (C=O) groups excluding carboxylic acids is 2. The molecule has 2 aliphatic heterocycles. The van der Waals surface area contributed by atoms with Gasteiger partial charge >= 0.3 is 0 Å². The fraction of sp³-hybridized carbons (Fsp3) is 0.375. The van der Waals surface area contributed by atoms with E-state index >= 15 is 0 Å². The first-order valence-electron chi connectivity index (χ1n) is 7.49. The van der Waals surface area contributed by atoms with E-state index in [4.69, 9.17) is 17.3 Å². The van der Waals surface area contributed by atoms with Crippen LogP contribution in [0.5, 0.6) is 0 Å². The predicted molar refractivity (Wildman–Crippen MR) is 94.5 cm³/mol. The number of hydrogen-bond acceptors (Lipinski definition) is 5. The maximum absolute atomic E-state index is 11.8. The van der Waals surface area contributed by atoms with Crippen LogP contribution in [0, 0.1) is 5.92 Å². The summed E-state index contributed by atoms with van der Waals surface area (Å²) < 4.78 is 0. The molecule has 1 aromatic carbocycles. The monoisotopic (exact) mass is 351 g/mol. The molecule has 2 aliphatic rings. The Labute approximate surface area is 144 Å². The molecule has 2 atom stereocenters. The minimum absolute atomic E-state index is 0.0891. The van der Waals surface area contributed by atoms with Gasteiger partial charge in [-0.05, 0) is 36.2 Å². The van der Waals surface area contributed by atoms with Crippen LogP contribution in [-0.2, 0) is 4.79 Å². The van der Waals surface area contributed by atoms with Gasteiger partial charge < -0.3 is 10.6 Å². The molecule has 0 aliphatic carbocycles. The molecule has 2 heterocycles. The standard InChI is InChI=1S/C16H18ClN3O2S/c1-9-5-6-20(8-12(9)18)14-10(3-2-4-11(14)17)7-13-15(21)19-16(22)23-13/h2-4,7,9,12H,5-6,8,18H2,1H3,(H,19,21,22)/b13-7-. The average molecular weight is 352 g/mol. The van der Waals surface area contributed by atoms with Crippen molar-refractivity contribution < 1.29 is 9.59 Å². The van der Waals surface area contributed by atoms with Gasteiger partial charge in [0.2, 0.25) is 0 Å². The first-order chi connectivity index (χ1) is 11.0. The third kappa shape index (κ3) is 3.39. The van der Waals surface area contributed by atoms with Gasteiger partial charge in [-0.15, -0.1) is 0 Å². The minimum atomic E-state index is -0.366. The summed E-state index contributed by atoms with van der Waals surface area (Å²) in [4.78, 5) is 25.6. The number of hydrogen-bond donors (Lipinski definition) is 2. The molecule has 2 fully saturated rings. The van der Waals surface area contributed by atoms with Crippen LogP contribution in [-0.4, -0.2) is 30.3 Å². The highest BCUT2D eigenvalue weighted by Gasteiger charge is 2.28. The molecule has 3 N–H and O–H groups in total. The Bertz CT molecular complexity index is 692. The van der Waals surface area contributed by atoms with Gasteiger partial charge in [0.25, 0.3) is 11.1 Å². The van der Waals surface area contributed by atoms with E-state index in [1.807, 2.05) is 18.2 Å². The summed E-state index contributed by atoms with van der Waals surface area (Å²) in [5.74, 6) is 0.110. The van der Waals surface area contributed by atoms with Crippen molar-refractivity contribution in [2.24, 2.45) is 11.7 Å². The number of nitrogens with one attached hydrogen (secondary N) is 1. The second-order valence-corrected chi connectivity index (χ2v) is 7.33. The van der Waals surface area contributed by atoms with Crippen LogP contribution < -0.4 is 16.0 Å². The number of imide groups is 1. The van der Waals surface area contributed by atoms with E-state index in [-0.39, 0.29) is 17.2 Å². The molecule has 2 amide bonds. The van der Waals surface area contributed by atoms with E-state index in [0.29, 0.717) is 15.8 Å². The predicted octanol–water partition coefficient (Wildman–Crippen LogP) is 2.84. The first-order valence-corrected chi connectivity index (χ1v) is 8.69. The van der Waals surface area contributed by atoms with Gasteiger partial charge in [-0.1, -0.05) is 30.7 Å². The molecule has 2 saturated heterocycles. The number of para-hydroxylation sites is 1. The fourth-order valence-electron chi connectivity index (χ4n) is 2.85. The highest BCUT2D eigenvalue weighted by molar-refractivity contribution is 8.18. The van der Waals surface area contributed by atoms with Crippen molar-refractivity contribution in [3.05, 3.63) is 33.7 Å². The van der Waals surface area contributed by atoms with Gasteiger partial charge in [0.15, 0.2) is 0 Å². The van der Waals surface area contributed by atoms with E-state index in [2.05, 4.69) is 17.1 Å². The fourth-order valence-corrected chi connectivity index (χ4v) is 3.82. The zero-order valence-corrected chi connectivity index (χ0v) is 14.3. The number of nitrogens with zero attached hydrogens (tertiary/aromatic N) is 1. The van der Waals surface area contributed by atoms with Crippen molar-refractivity contribution in [3.63, 3.8) is 0 Å². The van der Waals surface area contributed by atoms with Crippen LogP contribution in [0.3, 0.4) is 0 Å². The quantitative estimate of drug-likeness (QED) is 0.801. The molecule has 2 unspecified atom stereocenters. The second-order valence-electron chi connectivity index (χ2n) is 5.91. The summed E-state index contributed by atoms with van der Waals surface area (Å²) in [6.07, 6.45) is 2.71. The number of rotatable bonds is 2. The highest BCUT2D eigenvalue weighted by atomic mass is 35.5. The summed E-state index contributed by atoms with van der Waals surface area (Å²) in [7, 11) is 0. The zero-order chi connectivity index (χ0) is 16.6. The molecular formula is C16H18ClN3O2S. The molecule has 23 heavy (non-hydrogen) atoms. The largest absolute Gasteiger partial charge is 0.368 e. The molecular weight excluding hydrogens is 334 g/mol. The van der Waals surface area contributed by atoms with Crippen molar-refractivity contribution in [2.45, 2.75) is 19.4 Å². The van der Waals surface area contributed by atoms with Crippen LogP contribution in [0.15, 0.2) is 23.1 Å². The van der Waals surface area contributed by atoms with Crippen LogP contribution in [0.4, 0.5) is 10.5 Å². The SMILES string of the molecule is CC1CCN(c2c(Cl)cccc2/C=C2\SC(=O)NC2=O)CC1N. The van der Waals surface area contributed by atoms with Gasteiger partial charge in [0.1, 0.15) is 0 Å². The van der Waals surface area contributed by atoms with Gasteiger partial charge in [0.05, 0.1) is 15.6 Å². The van der Waals surface area contributed by atoms with E-state index in [1.54, 1.807) is 6.08 Å². The molecule has 5 nitrogen and oxygen atoms in total. The number of thioether (sulfide) groups is 1. The Morgan fingerprint density at radius 3 is 2.87 bits per heavy atom. The van der Waals surface area contributed by atoms with Gasteiger partial charge in [-0.25, -0.2) is 0 Å². The zero-order valence-electron chi connectivity index (χ0n) is 12.7. The molecule has 0 aromatic heterocycles. The topological polar surface area (TPSA) is 75.4 Å². The van der Waals surface area contributed by atoms with E-state index < -0.39 is 0 Å². The molecule has 0 saturated carbocycles. The van der Waals surface area contributed by atoms with E-state index in [1.165, 1.54) is 0 Å². The lowest BCUT2D eigenvalue weighted by Crippen LogP contribution is -2.47. The Kier molecular flexibility index (Phi) is 4.66. The molecule has 0 bridgehead atoms. The number of halogens is 1. The summed E-state index contributed by atoms with van der Waals surface area (Å²) in [5.41, 5.74) is 7.89. The number of nitrogens with two attached hydrogens (primary N) is 1. The maximum Gasteiger partial charge on any atom is 0.290 e. The lowest BCUT2D eigenvalue weighted by molar-refractivity contribution is -0.115. The number of carbonyl (C=O) groups is 2. The Morgan fingerprint density at radius 2 is 2.22 bits per heavy atom. The van der Waals surface area contributed by atoms with Crippen molar-refractivity contribution in [1.29, 1.82) is 0 Å². The van der Waals surface area contributed by atoms with E-state index in [0.717, 1.165) is 42.5 Å². The van der Waals surface area contributed by atoms with Gasteiger partial charge in [0, 0.05) is 24.7 Å². The van der Waals surface area contributed by atoms with Crippen molar-refractivity contribution >= 4 is 46.3 Å². The number of anilines is 1. The minimum Gasteiger partial charge on any atom is -0.368 e. The Morgan fingerprint density at radius 1 is 1.43 bits per heavy atom. The van der Waals surface area contributed by atoms with Crippen LogP contribution in [0.25, 0.3) is 6.08 Å². The third-order valence-corrected chi connectivity index (χ3v) is 5.39. The van der Waals surface area contributed by atoms with E-state index in [9.17, 15) is 9.59 Å². The lowest BCUT2D eigenvalue weighted by atomic mass is 9.93. The summed E-state index contributed by atoms with van der Waals surface area (Å²) in [6, 6.07) is 5.65. The Hall–Kier alpha value is -1.50. The second kappa shape index (κ2) is 6.55. The third-order valence-electron chi connectivity index (χ3n) is 4.28. The van der Waals surface area contributed by atoms with Gasteiger partial charge in [-0.3, -0.25) is 14.9 Å². The van der Waals surface area contributed by atoms with Crippen LogP contribution >= 0.6 is 23.4 Å². The average Bonchev–Trinajstić information content (AvgIpc) is 2.80. The van der Waals surface area contributed by atoms with Crippen LogP contribution in [0.2, 0.25) is 5.02 Å². The summed E-state index contributed by atoms with van der Waals surface area (Å²) in [5, 5.41) is 2.54. The molecule has 7 heteroatoms. The molecule has 3 rings (SSSR count). The molecule has 0 radical (unpaired) electrons. The van der Waals surface area contributed by atoms with Gasteiger partial charge in [-0.2, -0.15) is 0 Å². The smallest absolute Gasteiger partial charge is 0.290 e. The number of amides is 2. The highest BCUT2D eigenvalue weighted by Crippen LogP contribution is 2.36. The molecule has 1 aromatic rings. The Balaban J connectivity index is 1.96. The molecule has 122 valence electrons.